The lowest BCUT2D eigenvalue weighted by Crippen LogP contribution is -2.33. The Morgan fingerprint density at radius 2 is 1.09 bits per heavy atom. The number of rotatable bonds is 4. The Labute approximate surface area is 135 Å². The van der Waals surface area contributed by atoms with Crippen LogP contribution in [0.4, 0.5) is 0 Å². The van der Waals surface area contributed by atoms with E-state index in [0.717, 1.165) is 19.3 Å². The molecular weight excluding hydrogens is 324 g/mol. The zero-order valence-corrected chi connectivity index (χ0v) is 15.7. The van der Waals surface area contributed by atoms with Crippen molar-refractivity contribution < 1.29 is 21.6 Å². The molecule has 0 bridgehead atoms. The highest BCUT2D eigenvalue weighted by atomic mass is 32.2. The summed E-state index contributed by atoms with van der Waals surface area (Å²) >= 11 is 0. The van der Waals surface area contributed by atoms with Crippen LogP contribution in [0.2, 0.25) is 0 Å². The van der Waals surface area contributed by atoms with Gasteiger partial charge in [0.25, 0.3) is 0 Å². The summed E-state index contributed by atoms with van der Waals surface area (Å²) in [5.41, 5.74) is 0. The van der Waals surface area contributed by atoms with Gasteiger partial charge in [0, 0.05) is 13.2 Å². The number of hydrogen-bond acceptors (Lipinski definition) is 5. The monoisotopic (exact) mass is 354 g/mol. The van der Waals surface area contributed by atoms with Crippen LogP contribution in [0.5, 0.6) is 0 Å². The van der Waals surface area contributed by atoms with E-state index in [2.05, 4.69) is 0 Å². The van der Waals surface area contributed by atoms with Gasteiger partial charge in [0.05, 0.1) is 21.0 Å². The average Bonchev–Trinajstić information content (AvgIpc) is 2.37. The van der Waals surface area contributed by atoms with Crippen LogP contribution < -0.4 is 0 Å². The highest BCUT2D eigenvalue weighted by Gasteiger charge is 2.33. The molecule has 0 amide bonds. The van der Waals surface area contributed by atoms with Crippen LogP contribution in [0.15, 0.2) is 0 Å². The zero-order valence-electron chi connectivity index (χ0n) is 14.1. The SMILES string of the molecule is CC(C)S(=O)(=O)C1CCC1.CC(C)S(=O)(=O)C1CCOCC1. The maximum Gasteiger partial charge on any atom is 0.155 e. The maximum atomic E-state index is 11.6. The summed E-state index contributed by atoms with van der Waals surface area (Å²) in [5.74, 6) is 0. The molecule has 0 N–H and O–H groups in total. The molecule has 0 aromatic heterocycles. The van der Waals surface area contributed by atoms with Crippen molar-refractivity contribution in [2.75, 3.05) is 13.2 Å². The van der Waals surface area contributed by atoms with Gasteiger partial charge < -0.3 is 4.74 Å². The van der Waals surface area contributed by atoms with E-state index in [1.807, 2.05) is 0 Å². The molecule has 1 saturated carbocycles. The van der Waals surface area contributed by atoms with E-state index in [4.69, 9.17) is 4.74 Å². The molecule has 5 nitrogen and oxygen atoms in total. The predicted molar refractivity (Wildman–Crippen MR) is 89.6 cm³/mol. The molecule has 0 atom stereocenters. The van der Waals surface area contributed by atoms with E-state index in [9.17, 15) is 16.8 Å². The van der Waals surface area contributed by atoms with Crippen LogP contribution in [0.25, 0.3) is 0 Å². The molecule has 2 fully saturated rings. The van der Waals surface area contributed by atoms with Gasteiger partial charge in [-0.15, -0.1) is 0 Å². The minimum Gasteiger partial charge on any atom is -0.381 e. The molecule has 2 aliphatic rings. The standard InChI is InChI=1S/C8H16O3S.C7H14O2S/c1-7(2)12(9,10)8-3-5-11-6-4-8;1-6(2)10(8,9)7-4-3-5-7/h7-8H,3-6H2,1-2H3;6-7H,3-5H2,1-2H3. The van der Waals surface area contributed by atoms with Crippen LogP contribution in [-0.4, -0.2) is 51.0 Å². The van der Waals surface area contributed by atoms with Crippen molar-refractivity contribution in [2.24, 2.45) is 0 Å². The Morgan fingerprint density at radius 1 is 0.727 bits per heavy atom. The summed E-state index contributed by atoms with van der Waals surface area (Å²) < 4.78 is 51.0. The van der Waals surface area contributed by atoms with Gasteiger partial charge in [0.1, 0.15) is 0 Å². The molecule has 0 aromatic rings. The van der Waals surface area contributed by atoms with Crippen LogP contribution in [0, 0.1) is 0 Å². The lowest BCUT2D eigenvalue weighted by atomic mass is 10.00. The van der Waals surface area contributed by atoms with Crippen molar-refractivity contribution in [3.8, 4) is 0 Å². The summed E-state index contributed by atoms with van der Waals surface area (Å²) in [6.07, 6.45) is 4.21. The van der Waals surface area contributed by atoms with E-state index < -0.39 is 19.7 Å². The normalized spacial score (nSPS) is 21.4. The van der Waals surface area contributed by atoms with Crippen molar-refractivity contribution in [1.29, 1.82) is 0 Å². The predicted octanol–water partition coefficient (Wildman–Crippen LogP) is 2.35. The number of hydrogen-bond donors (Lipinski definition) is 0. The van der Waals surface area contributed by atoms with E-state index in [-0.39, 0.29) is 21.0 Å². The average molecular weight is 355 g/mol. The summed E-state index contributed by atoms with van der Waals surface area (Å²) in [5, 5.41) is -0.600. The molecule has 0 radical (unpaired) electrons. The van der Waals surface area contributed by atoms with Gasteiger partial charge >= 0.3 is 0 Å². The van der Waals surface area contributed by atoms with Crippen LogP contribution >= 0.6 is 0 Å². The first-order chi connectivity index (χ1) is 10.1. The summed E-state index contributed by atoms with van der Waals surface area (Å²) in [6, 6.07) is 0. The van der Waals surface area contributed by atoms with Gasteiger partial charge in [-0.1, -0.05) is 6.42 Å². The first-order valence-corrected chi connectivity index (χ1v) is 11.3. The second-order valence-electron chi connectivity index (χ2n) is 6.64. The van der Waals surface area contributed by atoms with Crippen LogP contribution in [0.1, 0.15) is 59.8 Å². The van der Waals surface area contributed by atoms with Crippen molar-refractivity contribution in [1.82, 2.24) is 0 Å². The van der Waals surface area contributed by atoms with Crippen LogP contribution in [0.3, 0.4) is 0 Å². The third-order valence-corrected chi connectivity index (χ3v) is 9.89. The Morgan fingerprint density at radius 3 is 1.32 bits per heavy atom. The van der Waals surface area contributed by atoms with E-state index in [0.29, 0.717) is 26.1 Å². The molecule has 1 heterocycles. The minimum atomic E-state index is -2.88. The Hall–Kier alpha value is -0.140. The molecule has 2 rings (SSSR count). The van der Waals surface area contributed by atoms with Crippen molar-refractivity contribution >= 4 is 19.7 Å². The van der Waals surface area contributed by atoms with E-state index in [1.165, 1.54) is 0 Å². The van der Waals surface area contributed by atoms with Gasteiger partial charge in [-0.05, 0) is 53.4 Å². The summed E-state index contributed by atoms with van der Waals surface area (Å²) in [4.78, 5) is 0. The van der Waals surface area contributed by atoms with Crippen molar-refractivity contribution in [3.05, 3.63) is 0 Å². The molecule has 0 spiro atoms. The smallest absolute Gasteiger partial charge is 0.155 e. The molecule has 132 valence electrons. The van der Waals surface area contributed by atoms with Gasteiger partial charge in [-0.2, -0.15) is 0 Å². The molecule has 22 heavy (non-hydrogen) atoms. The first-order valence-electron chi connectivity index (χ1n) is 8.13. The topological polar surface area (TPSA) is 77.5 Å². The second kappa shape index (κ2) is 8.11. The Balaban J connectivity index is 0.000000224. The van der Waals surface area contributed by atoms with E-state index in [1.54, 1.807) is 27.7 Å². The third-order valence-electron chi connectivity index (χ3n) is 4.46. The van der Waals surface area contributed by atoms with Gasteiger partial charge in [0.15, 0.2) is 19.7 Å². The van der Waals surface area contributed by atoms with E-state index >= 15 is 0 Å². The second-order valence-corrected chi connectivity index (χ2v) is 12.2. The highest BCUT2D eigenvalue weighted by molar-refractivity contribution is 7.92. The van der Waals surface area contributed by atoms with Gasteiger partial charge in [-0.25, -0.2) is 16.8 Å². The van der Waals surface area contributed by atoms with Crippen molar-refractivity contribution in [2.45, 2.75) is 80.8 Å². The maximum absolute atomic E-state index is 11.6. The number of sulfone groups is 2. The lowest BCUT2D eigenvalue weighted by Gasteiger charge is -2.26. The molecule has 0 unspecified atom stereocenters. The Bertz CT molecular complexity index is 524. The van der Waals surface area contributed by atoms with Crippen molar-refractivity contribution in [3.63, 3.8) is 0 Å². The largest absolute Gasteiger partial charge is 0.381 e. The fraction of sp³-hybridized carbons (Fsp3) is 1.00. The molecule has 0 aromatic carbocycles. The first kappa shape index (κ1) is 19.9. The fourth-order valence-corrected chi connectivity index (χ4v) is 5.85. The zero-order chi connectivity index (χ0) is 17.0. The fourth-order valence-electron chi connectivity index (χ4n) is 2.47. The molecule has 7 heteroatoms. The molecule has 1 aliphatic heterocycles. The Kier molecular flexibility index (Phi) is 7.33. The minimum absolute atomic E-state index is 0.00694. The van der Waals surface area contributed by atoms with Gasteiger partial charge in [0.2, 0.25) is 0 Å². The number of ether oxygens (including phenoxy) is 1. The quantitative estimate of drug-likeness (QED) is 0.774. The molecule has 1 saturated heterocycles. The van der Waals surface area contributed by atoms with Gasteiger partial charge in [-0.3, -0.25) is 0 Å². The molecule has 1 aliphatic carbocycles. The highest BCUT2D eigenvalue weighted by Crippen LogP contribution is 2.28. The third kappa shape index (κ3) is 4.93. The lowest BCUT2D eigenvalue weighted by molar-refractivity contribution is 0.0982. The summed E-state index contributed by atoms with van der Waals surface area (Å²) in [6.45, 7) is 8.18. The van der Waals surface area contributed by atoms with Crippen LogP contribution in [-0.2, 0) is 24.4 Å². The summed E-state index contributed by atoms with van der Waals surface area (Å²) in [7, 11) is -5.62. The molecular formula is C15H30O5S2.